The Labute approximate surface area is 250 Å². The normalized spacial score (nSPS) is 39.5. The largest absolute Gasteiger partial charge is 0.465 e. The first-order chi connectivity index (χ1) is 19.0. The summed E-state index contributed by atoms with van der Waals surface area (Å²) >= 11 is 0. The van der Waals surface area contributed by atoms with Crippen molar-refractivity contribution in [3.8, 4) is 0 Å². The Bertz CT molecular complexity index is 851. The molecule has 2 rings (SSSR count). The third kappa shape index (κ3) is 8.96. The predicted molar refractivity (Wildman–Crippen MR) is 163 cm³/mol. The van der Waals surface area contributed by atoms with Gasteiger partial charge >= 0.3 is 5.97 Å². The van der Waals surface area contributed by atoms with Crippen LogP contribution in [-0.2, 0) is 23.8 Å². The molecule has 2 aliphatic heterocycles. The topological polar surface area (TPSA) is 91.8 Å². The lowest BCUT2D eigenvalue weighted by molar-refractivity contribution is -0.212. The van der Waals surface area contributed by atoms with E-state index in [0.29, 0.717) is 18.9 Å². The molecule has 0 saturated carbocycles. The summed E-state index contributed by atoms with van der Waals surface area (Å²) in [5.74, 6) is -1.59. The van der Waals surface area contributed by atoms with Gasteiger partial charge in [-0.25, -0.2) is 0 Å². The molecule has 0 aromatic carbocycles. The van der Waals surface area contributed by atoms with Gasteiger partial charge in [0.25, 0.3) is 0 Å². The van der Waals surface area contributed by atoms with Crippen LogP contribution in [0.4, 0.5) is 0 Å². The minimum atomic E-state index is -1.35. The summed E-state index contributed by atoms with van der Waals surface area (Å²) in [7, 11) is 12.0. The maximum absolute atomic E-state index is 14.2. The Kier molecular flexibility index (Phi) is 13.3. The molecule has 2 fully saturated rings. The summed E-state index contributed by atoms with van der Waals surface area (Å²) in [5.41, 5.74) is -2.14. The van der Waals surface area contributed by atoms with E-state index in [4.69, 9.17) is 14.2 Å². The van der Waals surface area contributed by atoms with Gasteiger partial charge < -0.3 is 34.0 Å². The monoisotopic (exact) mass is 583 g/mol. The number of aliphatic hydroxyl groups excluding tert-OH is 1. The van der Waals surface area contributed by atoms with Crippen LogP contribution in [0.15, 0.2) is 0 Å². The first-order valence-corrected chi connectivity index (χ1v) is 15.6. The molecule has 240 valence electrons. The van der Waals surface area contributed by atoms with Gasteiger partial charge in [-0.05, 0) is 108 Å². The number of aliphatic hydroxyl groups is 1. The van der Waals surface area contributed by atoms with E-state index in [1.54, 1.807) is 21.0 Å². The van der Waals surface area contributed by atoms with Gasteiger partial charge in [0.15, 0.2) is 5.78 Å². The highest BCUT2D eigenvalue weighted by Crippen LogP contribution is 2.44. The summed E-state index contributed by atoms with van der Waals surface area (Å²) < 4.78 is 18.5. The molecule has 3 unspecified atom stereocenters. The average molecular weight is 584 g/mol. The van der Waals surface area contributed by atoms with Crippen LogP contribution in [-0.4, -0.2) is 130 Å². The van der Waals surface area contributed by atoms with E-state index >= 15 is 0 Å². The van der Waals surface area contributed by atoms with E-state index in [0.717, 1.165) is 32.4 Å². The molecule has 0 radical (unpaired) electrons. The Morgan fingerprint density at radius 2 is 1.66 bits per heavy atom. The highest BCUT2D eigenvalue weighted by molar-refractivity contribution is 6.04. The molecule has 2 aliphatic rings. The number of carbonyl (C=O) groups is 2. The second-order valence-corrected chi connectivity index (χ2v) is 14.2. The highest BCUT2D eigenvalue weighted by Gasteiger charge is 2.54. The number of methoxy groups -OCH3 is 1. The number of hydrogen-bond acceptors (Lipinski definition) is 9. The minimum absolute atomic E-state index is 0.102. The fourth-order valence-corrected chi connectivity index (χ4v) is 7.34. The van der Waals surface area contributed by atoms with Crippen LogP contribution < -0.4 is 0 Å². The molecule has 0 bridgehead atoms. The minimum Gasteiger partial charge on any atom is -0.465 e. The van der Waals surface area contributed by atoms with E-state index < -0.39 is 41.0 Å². The van der Waals surface area contributed by atoms with Crippen molar-refractivity contribution in [3.63, 3.8) is 0 Å². The Morgan fingerprint density at radius 3 is 2.22 bits per heavy atom. The number of hydrogen-bond donors (Lipinski definition) is 1. The average Bonchev–Trinajstić information content (AvgIpc) is 2.88. The number of rotatable bonds is 4. The van der Waals surface area contributed by atoms with Crippen molar-refractivity contribution in [2.24, 2.45) is 23.2 Å². The molecule has 0 amide bonds. The van der Waals surface area contributed by atoms with E-state index in [1.165, 1.54) is 0 Å². The third-order valence-electron chi connectivity index (χ3n) is 9.83. The van der Waals surface area contributed by atoms with Crippen molar-refractivity contribution < 1.29 is 28.9 Å². The highest BCUT2D eigenvalue weighted by atomic mass is 16.5. The SMILES string of the molecule is CO[C@]1(C)C[C@@H](C)CN(C)CCC(N(C)C)CCCOC(=O)C(C)(C)C(=O)[C@H](C)C1C1O[C@H](C)C[C@H](N(C)C)[C@H]1O. The van der Waals surface area contributed by atoms with Crippen LogP contribution in [0.1, 0.15) is 73.6 Å². The number of ether oxygens (including phenoxy) is 3. The zero-order chi connectivity index (χ0) is 31.3. The van der Waals surface area contributed by atoms with Gasteiger partial charge in [0.2, 0.25) is 0 Å². The number of cyclic esters (lactones) is 1. The lowest BCUT2D eigenvalue weighted by atomic mass is 9.65. The number of esters is 1. The van der Waals surface area contributed by atoms with Crippen LogP contribution in [0.2, 0.25) is 0 Å². The Hall–Kier alpha value is -1.10. The molecule has 9 nitrogen and oxygen atoms in total. The molecule has 41 heavy (non-hydrogen) atoms. The van der Waals surface area contributed by atoms with Crippen molar-refractivity contribution in [1.82, 2.24) is 14.7 Å². The fourth-order valence-electron chi connectivity index (χ4n) is 7.34. The summed E-state index contributed by atoms with van der Waals surface area (Å²) in [4.78, 5) is 34.2. The maximum atomic E-state index is 14.2. The van der Waals surface area contributed by atoms with Gasteiger partial charge in [-0.3, -0.25) is 9.59 Å². The summed E-state index contributed by atoms with van der Waals surface area (Å²) in [6.07, 6.45) is 2.47. The fraction of sp³-hybridized carbons (Fsp3) is 0.938. The summed E-state index contributed by atoms with van der Waals surface area (Å²) in [6.45, 7) is 13.6. The van der Waals surface area contributed by atoms with Crippen LogP contribution in [0.5, 0.6) is 0 Å². The van der Waals surface area contributed by atoms with Gasteiger partial charge in [-0.1, -0.05) is 13.8 Å². The molecule has 0 spiro atoms. The lowest BCUT2D eigenvalue weighted by Crippen LogP contribution is -2.62. The summed E-state index contributed by atoms with van der Waals surface area (Å²) in [6, 6.07) is 0.254. The zero-order valence-electron chi connectivity index (χ0n) is 28.1. The molecule has 2 heterocycles. The smallest absolute Gasteiger partial charge is 0.319 e. The molecule has 0 aromatic rings. The molecule has 9 atom stereocenters. The van der Waals surface area contributed by atoms with Crippen molar-refractivity contribution >= 4 is 11.8 Å². The zero-order valence-corrected chi connectivity index (χ0v) is 28.1. The number of nitrogens with zero attached hydrogens (tertiary/aromatic N) is 3. The van der Waals surface area contributed by atoms with E-state index in [-0.39, 0.29) is 30.5 Å². The molecular weight excluding hydrogens is 522 g/mol. The maximum Gasteiger partial charge on any atom is 0.319 e. The molecular formula is C32H61N3O6. The van der Waals surface area contributed by atoms with E-state index in [1.807, 2.05) is 39.8 Å². The second-order valence-electron chi connectivity index (χ2n) is 14.2. The van der Waals surface area contributed by atoms with Crippen LogP contribution in [0.25, 0.3) is 0 Å². The standard InChI is InChI=1S/C32H61N3O6/c1-21-19-32(6,39-12)26(28-27(36)25(34(9)10)18-22(2)41-28)23(3)29(37)31(4,5)30(38)40-17-13-14-24(33(7)8)15-16-35(11)20-21/h21-28,36H,13-20H2,1-12H3/t21-,22-,23-,24?,25+,26?,27-,28?,32-/m1/s1. The molecule has 1 N–H and O–H groups in total. The quantitative estimate of drug-likeness (QED) is 0.395. The van der Waals surface area contributed by atoms with Gasteiger partial charge in [-0.2, -0.15) is 0 Å². The van der Waals surface area contributed by atoms with Crippen molar-refractivity contribution in [2.75, 3.05) is 62.0 Å². The summed E-state index contributed by atoms with van der Waals surface area (Å²) in [5, 5.41) is 11.7. The first kappa shape index (κ1) is 36.1. The van der Waals surface area contributed by atoms with Crippen molar-refractivity contribution in [2.45, 2.75) is 110 Å². The van der Waals surface area contributed by atoms with Crippen molar-refractivity contribution in [1.29, 1.82) is 0 Å². The molecule has 9 heteroatoms. The second kappa shape index (κ2) is 15.1. The van der Waals surface area contributed by atoms with Gasteiger partial charge in [0, 0.05) is 37.6 Å². The molecule has 2 saturated heterocycles. The van der Waals surface area contributed by atoms with Crippen LogP contribution >= 0.6 is 0 Å². The lowest BCUT2D eigenvalue weighted by Gasteiger charge is -2.51. The molecule has 0 aromatic heterocycles. The van der Waals surface area contributed by atoms with Gasteiger partial charge in [-0.15, -0.1) is 0 Å². The number of likely N-dealkylation sites (N-methyl/N-ethyl adjacent to an activating group) is 1. The first-order valence-electron chi connectivity index (χ1n) is 15.6. The predicted octanol–water partition coefficient (Wildman–Crippen LogP) is 3.32. The Balaban J connectivity index is 2.56. The molecule has 0 aliphatic carbocycles. The van der Waals surface area contributed by atoms with Crippen LogP contribution in [0.3, 0.4) is 0 Å². The number of carbonyl (C=O) groups excluding carboxylic acids is 2. The third-order valence-corrected chi connectivity index (χ3v) is 9.83. The number of ketones is 1. The number of Topliss-reactive ketones (excluding diaryl/α,β-unsaturated/α-hetero) is 1. The van der Waals surface area contributed by atoms with Gasteiger partial charge in [0.05, 0.1) is 30.5 Å². The van der Waals surface area contributed by atoms with E-state index in [9.17, 15) is 14.7 Å². The Morgan fingerprint density at radius 1 is 1.02 bits per heavy atom. The van der Waals surface area contributed by atoms with Crippen molar-refractivity contribution in [3.05, 3.63) is 0 Å². The van der Waals surface area contributed by atoms with Gasteiger partial charge in [0.1, 0.15) is 5.41 Å². The van der Waals surface area contributed by atoms with Crippen LogP contribution in [0, 0.1) is 23.2 Å². The van der Waals surface area contributed by atoms with E-state index in [2.05, 4.69) is 37.9 Å².